The van der Waals surface area contributed by atoms with Gasteiger partial charge in [0.1, 0.15) is 11.5 Å². The summed E-state index contributed by atoms with van der Waals surface area (Å²) in [5.74, 6) is -0.311. The second-order valence-corrected chi connectivity index (χ2v) is 10.0. The number of halogens is 1. The predicted octanol–water partition coefficient (Wildman–Crippen LogP) is 5.73. The summed E-state index contributed by atoms with van der Waals surface area (Å²) < 4.78 is 22.4. The van der Waals surface area contributed by atoms with Gasteiger partial charge in [-0.05, 0) is 54.7 Å². The van der Waals surface area contributed by atoms with E-state index in [2.05, 4.69) is 20.3 Å². The molecule has 1 aromatic carbocycles. The van der Waals surface area contributed by atoms with E-state index in [0.717, 1.165) is 53.5 Å². The van der Waals surface area contributed by atoms with Gasteiger partial charge in [-0.2, -0.15) is 0 Å². The second-order valence-electron chi connectivity index (χ2n) is 8.99. The smallest absolute Gasteiger partial charge is 0.230 e. The SMILES string of the molecule is O=C(Cc1ccc(-c2cnc3cc(-c4ccccn4)ccn23)cc1F)Nc1ncc(C2CCOCC2)s1. The number of nitrogens with zero attached hydrogens (tertiary/aromatic N) is 4. The molecule has 186 valence electrons. The molecule has 0 radical (unpaired) electrons. The maximum atomic E-state index is 15.0. The van der Waals surface area contributed by atoms with Gasteiger partial charge in [-0.15, -0.1) is 11.3 Å². The van der Waals surface area contributed by atoms with Gasteiger partial charge in [0.25, 0.3) is 0 Å². The van der Waals surface area contributed by atoms with Gasteiger partial charge in [0.05, 0.1) is 24.0 Å². The van der Waals surface area contributed by atoms with Gasteiger partial charge in [0.15, 0.2) is 5.13 Å². The van der Waals surface area contributed by atoms with E-state index in [-0.39, 0.29) is 12.3 Å². The Kier molecular flexibility index (Phi) is 6.46. The molecule has 1 N–H and O–H groups in total. The van der Waals surface area contributed by atoms with Crippen LogP contribution in [-0.2, 0) is 16.0 Å². The van der Waals surface area contributed by atoms with E-state index < -0.39 is 5.82 Å². The van der Waals surface area contributed by atoms with Gasteiger partial charge in [0, 0.05) is 47.8 Å². The van der Waals surface area contributed by atoms with E-state index in [4.69, 9.17) is 4.74 Å². The van der Waals surface area contributed by atoms with Crippen molar-refractivity contribution < 1.29 is 13.9 Å². The zero-order valence-electron chi connectivity index (χ0n) is 19.9. The average molecular weight is 514 g/mol. The molecule has 1 aliphatic heterocycles. The van der Waals surface area contributed by atoms with E-state index in [1.807, 2.05) is 53.2 Å². The molecule has 9 heteroatoms. The molecule has 37 heavy (non-hydrogen) atoms. The average Bonchev–Trinajstić information content (AvgIpc) is 3.58. The van der Waals surface area contributed by atoms with Gasteiger partial charge in [-0.1, -0.05) is 18.2 Å². The number of thiazole rings is 1. The third-order valence-electron chi connectivity index (χ3n) is 6.57. The number of fused-ring (bicyclic) bond motifs is 1. The number of pyridine rings is 2. The highest BCUT2D eigenvalue weighted by molar-refractivity contribution is 7.15. The number of anilines is 1. The van der Waals surface area contributed by atoms with Crippen LogP contribution in [-0.4, -0.2) is 38.5 Å². The third kappa shape index (κ3) is 5.00. The summed E-state index contributed by atoms with van der Waals surface area (Å²) in [5, 5.41) is 3.35. The highest BCUT2D eigenvalue weighted by atomic mass is 32.1. The first kappa shape index (κ1) is 23.4. The number of rotatable bonds is 6. The summed E-state index contributed by atoms with van der Waals surface area (Å²) in [6, 6.07) is 14.6. The molecule has 0 spiro atoms. The van der Waals surface area contributed by atoms with E-state index in [1.54, 1.807) is 18.5 Å². The van der Waals surface area contributed by atoms with Crippen LogP contribution in [0.25, 0.3) is 28.2 Å². The minimum atomic E-state index is -0.435. The second kappa shape index (κ2) is 10.2. The molecule has 5 heterocycles. The van der Waals surface area contributed by atoms with Crippen LogP contribution < -0.4 is 5.32 Å². The first-order valence-electron chi connectivity index (χ1n) is 12.1. The zero-order chi connectivity index (χ0) is 25.2. The van der Waals surface area contributed by atoms with Crippen LogP contribution >= 0.6 is 11.3 Å². The molecule has 0 saturated carbocycles. The summed E-state index contributed by atoms with van der Waals surface area (Å²) in [6.45, 7) is 1.50. The molecule has 0 bridgehead atoms. The van der Waals surface area contributed by atoms with Gasteiger partial charge in [-0.25, -0.2) is 14.4 Å². The standard InChI is InChI=1S/C28H24FN5O2S/c29-22-13-21(24-16-31-26-14-20(6-10-34(24)26)23-3-1-2-9-30-23)5-4-19(22)15-27(35)33-28-32-17-25(37-28)18-7-11-36-12-8-18/h1-6,9-10,13-14,16-18H,7-8,11-12,15H2,(H,32,33,35). The monoisotopic (exact) mass is 513 g/mol. The molecule has 1 aliphatic rings. The number of imidazole rings is 1. The topological polar surface area (TPSA) is 81.4 Å². The lowest BCUT2D eigenvalue weighted by molar-refractivity contribution is -0.115. The van der Waals surface area contributed by atoms with Crippen molar-refractivity contribution >= 4 is 28.0 Å². The largest absolute Gasteiger partial charge is 0.381 e. The molecule has 1 saturated heterocycles. The minimum Gasteiger partial charge on any atom is -0.381 e. The van der Waals surface area contributed by atoms with Crippen LogP contribution in [0, 0.1) is 5.82 Å². The molecular formula is C28H24FN5O2S. The summed E-state index contributed by atoms with van der Waals surface area (Å²) in [6.07, 6.45) is 9.05. The van der Waals surface area contributed by atoms with Crippen molar-refractivity contribution in [2.45, 2.75) is 25.2 Å². The van der Waals surface area contributed by atoms with Crippen LogP contribution in [0.4, 0.5) is 9.52 Å². The summed E-state index contributed by atoms with van der Waals surface area (Å²) in [4.78, 5) is 27.0. The van der Waals surface area contributed by atoms with Gasteiger partial charge in [0.2, 0.25) is 5.91 Å². The van der Waals surface area contributed by atoms with E-state index in [9.17, 15) is 4.79 Å². The molecule has 5 aromatic rings. The highest BCUT2D eigenvalue weighted by Gasteiger charge is 2.19. The van der Waals surface area contributed by atoms with E-state index in [1.165, 1.54) is 17.4 Å². The number of carbonyl (C=O) groups excluding carboxylic acids is 1. The Morgan fingerprint density at radius 2 is 1.95 bits per heavy atom. The number of nitrogens with one attached hydrogen (secondary N) is 1. The molecular weight excluding hydrogens is 489 g/mol. The number of benzene rings is 1. The Morgan fingerprint density at radius 3 is 2.76 bits per heavy atom. The molecule has 7 nitrogen and oxygen atoms in total. The Labute approximate surface area is 217 Å². The normalized spacial score (nSPS) is 14.2. The minimum absolute atomic E-state index is 0.0706. The van der Waals surface area contributed by atoms with Crippen LogP contribution in [0.5, 0.6) is 0 Å². The van der Waals surface area contributed by atoms with Crippen molar-refractivity contribution in [3.63, 3.8) is 0 Å². The van der Waals surface area contributed by atoms with Gasteiger partial charge in [-0.3, -0.25) is 14.2 Å². The molecule has 0 aliphatic carbocycles. The molecule has 6 rings (SSSR count). The number of hydrogen-bond acceptors (Lipinski definition) is 6. The lowest BCUT2D eigenvalue weighted by atomic mass is 9.99. The van der Waals surface area contributed by atoms with Crippen LogP contribution in [0.2, 0.25) is 0 Å². The van der Waals surface area contributed by atoms with E-state index in [0.29, 0.717) is 22.2 Å². The van der Waals surface area contributed by atoms with Crippen molar-refractivity contribution in [3.05, 3.63) is 89.6 Å². The maximum absolute atomic E-state index is 15.0. The van der Waals surface area contributed by atoms with Gasteiger partial charge >= 0.3 is 0 Å². The van der Waals surface area contributed by atoms with Gasteiger partial charge < -0.3 is 10.1 Å². The molecule has 1 fully saturated rings. The van der Waals surface area contributed by atoms with Crippen molar-refractivity contribution in [2.24, 2.45) is 0 Å². The Balaban J connectivity index is 1.15. The van der Waals surface area contributed by atoms with Crippen LogP contribution in [0.1, 0.15) is 29.2 Å². The fraction of sp³-hybridized carbons (Fsp3) is 0.214. The van der Waals surface area contributed by atoms with Crippen molar-refractivity contribution in [2.75, 3.05) is 18.5 Å². The van der Waals surface area contributed by atoms with Crippen molar-refractivity contribution in [3.8, 4) is 22.5 Å². The number of ether oxygens (including phenoxy) is 1. The predicted molar refractivity (Wildman–Crippen MR) is 141 cm³/mol. The molecule has 0 unspecified atom stereocenters. The lowest BCUT2D eigenvalue weighted by Crippen LogP contribution is -2.15. The highest BCUT2D eigenvalue weighted by Crippen LogP contribution is 2.33. The summed E-state index contributed by atoms with van der Waals surface area (Å²) in [7, 11) is 0. The number of hydrogen-bond donors (Lipinski definition) is 1. The Hall–Kier alpha value is -3.95. The fourth-order valence-electron chi connectivity index (χ4n) is 4.59. The fourth-order valence-corrected chi connectivity index (χ4v) is 5.59. The number of carbonyl (C=O) groups is 1. The zero-order valence-corrected chi connectivity index (χ0v) is 20.7. The summed E-state index contributed by atoms with van der Waals surface area (Å²) in [5.41, 5.74) is 4.33. The quantitative estimate of drug-likeness (QED) is 0.313. The first-order chi connectivity index (χ1) is 18.1. The molecule has 4 aromatic heterocycles. The van der Waals surface area contributed by atoms with Crippen molar-refractivity contribution in [1.29, 1.82) is 0 Å². The summed E-state index contributed by atoms with van der Waals surface area (Å²) >= 11 is 1.48. The molecule has 0 atom stereocenters. The Morgan fingerprint density at radius 1 is 1.05 bits per heavy atom. The number of aromatic nitrogens is 4. The maximum Gasteiger partial charge on any atom is 0.230 e. The van der Waals surface area contributed by atoms with Crippen LogP contribution in [0.3, 0.4) is 0 Å². The first-order valence-corrected chi connectivity index (χ1v) is 13.0. The lowest BCUT2D eigenvalue weighted by Gasteiger charge is -2.20. The van der Waals surface area contributed by atoms with E-state index >= 15 is 4.39 Å². The third-order valence-corrected chi connectivity index (χ3v) is 7.64. The Bertz CT molecular complexity index is 1560. The number of amides is 1. The van der Waals surface area contributed by atoms with Crippen molar-refractivity contribution in [1.82, 2.24) is 19.4 Å². The van der Waals surface area contributed by atoms with Crippen LogP contribution in [0.15, 0.2) is 73.3 Å². The molecule has 1 amide bonds.